The quantitative estimate of drug-likeness (QED) is 0.887. The maximum Gasteiger partial charge on any atom is 0.133 e. The number of hydrogen-bond donors (Lipinski definition) is 1. The van der Waals surface area contributed by atoms with Gasteiger partial charge in [0.1, 0.15) is 17.3 Å². The van der Waals surface area contributed by atoms with E-state index in [4.69, 9.17) is 10.5 Å². The van der Waals surface area contributed by atoms with Crippen molar-refractivity contribution in [1.82, 2.24) is 0 Å². The summed E-state index contributed by atoms with van der Waals surface area (Å²) in [5, 5.41) is 0. The van der Waals surface area contributed by atoms with Crippen LogP contribution in [0.25, 0.3) is 0 Å². The molecule has 0 amide bonds. The maximum atomic E-state index is 13.2. The number of ether oxygens (including phenoxy) is 1. The summed E-state index contributed by atoms with van der Waals surface area (Å²) in [6.07, 6.45) is 0. The third-order valence-corrected chi connectivity index (χ3v) is 3.53. The molecule has 2 aromatic rings. The minimum absolute atomic E-state index is 0.0562. The summed E-state index contributed by atoms with van der Waals surface area (Å²) in [6, 6.07) is 9.99. The van der Waals surface area contributed by atoms with Crippen LogP contribution in [0.1, 0.15) is 24.1 Å². The molecule has 0 fully saturated rings. The van der Waals surface area contributed by atoms with E-state index in [1.165, 1.54) is 12.1 Å². The topological polar surface area (TPSA) is 35.2 Å². The van der Waals surface area contributed by atoms with E-state index in [2.05, 4.69) is 15.9 Å². The van der Waals surface area contributed by atoms with Gasteiger partial charge in [0.2, 0.25) is 0 Å². The van der Waals surface area contributed by atoms with Gasteiger partial charge in [-0.25, -0.2) is 4.39 Å². The number of rotatable bonds is 3. The lowest BCUT2D eigenvalue weighted by Crippen LogP contribution is -2.05. The van der Waals surface area contributed by atoms with Crippen molar-refractivity contribution in [1.29, 1.82) is 0 Å². The first-order valence-corrected chi connectivity index (χ1v) is 6.75. The van der Waals surface area contributed by atoms with Crippen molar-refractivity contribution in [2.24, 2.45) is 5.73 Å². The fourth-order valence-corrected chi connectivity index (χ4v) is 2.47. The molecular weight excluding hydrogens is 309 g/mol. The Morgan fingerprint density at radius 2 is 1.95 bits per heavy atom. The summed E-state index contributed by atoms with van der Waals surface area (Å²) in [5.74, 6) is 0.845. The van der Waals surface area contributed by atoms with Crippen LogP contribution in [0.4, 0.5) is 4.39 Å². The largest absolute Gasteiger partial charge is 0.457 e. The molecule has 2 rings (SSSR count). The third-order valence-electron chi connectivity index (χ3n) is 2.84. The predicted molar refractivity (Wildman–Crippen MR) is 78.0 cm³/mol. The molecule has 0 aliphatic rings. The van der Waals surface area contributed by atoms with Gasteiger partial charge in [-0.15, -0.1) is 0 Å². The highest BCUT2D eigenvalue weighted by molar-refractivity contribution is 9.10. The minimum Gasteiger partial charge on any atom is -0.457 e. The van der Waals surface area contributed by atoms with E-state index in [-0.39, 0.29) is 11.9 Å². The molecule has 19 heavy (non-hydrogen) atoms. The molecule has 4 heteroatoms. The monoisotopic (exact) mass is 323 g/mol. The van der Waals surface area contributed by atoms with E-state index in [1.54, 1.807) is 6.07 Å². The Bertz CT molecular complexity index is 599. The molecule has 1 atom stereocenters. The molecule has 1 unspecified atom stereocenters. The van der Waals surface area contributed by atoms with Gasteiger partial charge in [-0.2, -0.15) is 0 Å². The van der Waals surface area contributed by atoms with Gasteiger partial charge in [-0.05, 0) is 43.2 Å². The first-order valence-electron chi connectivity index (χ1n) is 5.96. The van der Waals surface area contributed by atoms with Crippen molar-refractivity contribution in [3.05, 3.63) is 57.8 Å². The molecule has 0 aliphatic heterocycles. The van der Waals surface area contributed by atoms with Gasteiger partial charge in [-0.1, -0.05) is 28.1 Å². The van der Waals surface area contributed by atoms with Crippen LogP contribution in [0.2, 0.25) is 0 Å². The molecule has 0 aliphatic carbocycles. The average molecular weight is 324 g/mol. The zero-order chi connectivity index (χ0) is 14.0. The Morgan fingerprint density at radius 3 is 2.58 bits per heavy atom. The standard InChI is InChI=1S/C15H15BrFNO/c1-9-3-4-11(17)7-15(9)19-12-5-6-13(10(2)18)14(16)8-12/h3-8,10H,18H2,1-2H3. The first-order chi connectivity index (χ1) is 8.97. The van der Waals surface area contributed by atoms with Crippen LogP contribution >= 0.6 is 15.9 Å². The van der Waals surface area contributed by atoms with Gasteiger partial charge in [0.15, 0.2) is 0 Å². The molecule has 0 saturated carbocycles. The zero-order valence-corrected chi connectivity index (χ0v) is 12.4. The molecule has 0 heterocycles. The fraction of sp³-hybridized carbons (Fsp3) is 0.200. The van der Waals surface area contributed by atoms with Gasteiger partial charge >= 0.3 is 0 Å². The van der Waals surface area contributed by atoms with Gasteiger partial charge in [0.05, 0.1) is 0 Å². The van der Waals surface area contributed by atoms with Crippen LogP contribution in [0.5, 0.6) is 11.5 Å². The van der Waals surface area contributed by atoms with Crippen LogP contribution in [-0.2, 0) is 0 Å². The van der Waals surface area contributed by atoms with Crippen LogP contribution in [0, 0.1) is 12.7 Å². The second-order valence-corrected chi connectivity index (χ2v) is 5.34. The average Bonchev–Trinajstić information content (AvgIpc) is 2.33. The van der Waals surface area contributed by atoms with Gasteiger partial charge in [0, 0.05) is 16.6 Å². The van der Waals surface area contributed by atoms with E-state index in [9.17, 15) is 4.39 Å². The minimum atomic E-state index is -0.313. The first kappa shape index (κ1) is 14.0. The second kappa shape index (κ2) is 5.72. The molecule has 2 aromatic carbocycles. The van der Waals surface area contributed by atoms with Crippen LogP contribution in [-0.4, -0.2) is 0 Å². The molecular formula is C15H15BrFNO. The molecule has 0 radical (unpaired) electrons. The molecule has 2 nitrogen and oxygen atoms in total. The molecule has 0 saturated heterocycles. The highest BCUT2D eigenvalue weighted by Gasteiger charge is 2.08. The van der Waals surface area contributed by atoms with Crippen molar-refractivity contribution in [3.8, 4) is 11.5 Å². The summed E-state index contributed by atoms with van der Waals surface area (Å²) >= 11 is 3.46. The Labute approximate surface area is 120 Å². The third kappa shape index (κ3) is 3.33. The summed E-state index contributed by atoms with van der Waals surface area (Å²) in [7, 11) is 0. The van der Waals surface area contributed by atoms with Crippen LogP contribution in [0.3, 0.4) is 0 Å². The van der Waals surface area contributed by atoms with Gasteiger partial charge < -0.3 is 10.5 Å². The summed E-state index contributed by atoms with van der Waals surface area (Å²) < 4.78 is 19.8. The van der Waals surface area contributed by atoms with Crippen molar-refractivity contribution < 1.29 is 9.13 Å². The predicted octanol–water partition coefficient (Wildman–Crippen LogP) is 4.71. The summed E-state index contributed by atoms with van der Waals surface area (Å²) in [6.45, 7) is 3.79. The Balaban J connectivity index is 2.29. The highest BCUT2D eigenvalue weighted by atomic mass is 79.9. The van der Waals surface area contributed by atoms with Gasteiger partial charge in [0.25, 0.3) is 0 Å². The SMILES string of the molecule is Cc1ccc(F)cc1Oc1ccc(C(C)N)c(Br)c1. The number of nitrogens with two attached hydrogens (primary N) is 1. The zero-order valence-electron chi connectivity index (χ0n) is 10.8. The van der Waals surface area contributed by atoms with E-state index in [0.717, 1.165) is 15.6 Å². The normalized spacial score (nSPS) is 12.3. The maximum absolute atomic E-state index is 13.2. The highest BCUT2D eigenvalue weighted by Crippen LogP contribution is 2.31. The fourth-order valence-electron chi connectivity index (χ4n) is 1.75. The van der Waals surface area contributed by atoms with Crippen molar-refractivity contribution in [3.63, 3.8) is 0 Å². The summed E-state index contributed by atoms with van der Waals surface area (Å²) in [5.41, 5.74) is 7.73. The van der Waals surface area contributed by atoms with Crippen LogP contribution < -0.4 is 10.5 Å². The lowest BCUT2D eigenvalue weighted by atomic mass is 10.1. The van der Waals surface area contributed by atoms with E-state index >= 15 is 0 Å². The Kier molecular flexibility index (Phi) is 4.22. The van der Waals surface area contributed by atoms with Crippen molar-refractivity contribution >= 4 is 15.9 Å². The van der Waals surface area contributed by atoms with E-state index in [0.29, 0.717) is 11.5 Å². The number of benzene rings is 2. The second-order valence-electron chi connectivity index (χ2n) is 4.48. The smallest absolute Gasteiger partial charge is 0.133 e. The number of hydrogen-bond acceptors (Lipinski definition) is 2. The summed E-state index contributed by atoms with van der Waals surface area (Å²) in [4.78, 5) is 0. The molecule has 0 aromatic heterocycles. The Hall–Kier alpha value is -1.39. The van der Waals surface area contributed by atoms with E-state index < -0.39 is 0 Å². The lowest BCUT2D eigenvalue weighted by molar-refractivity contribution is 0.472. The van der Waals surface area contributed by atoms with Crippen molar-refractivity contribution in [2.75, 3.05) is 0 Å². The number of halogens is 2. The Morgan fingerprint density at radius 1 is 1.21 bits per heavy atom. The molecule has 0 bridgehead atoms. The number of aryl methyl sites for hydroxylation is 1. The molecule has 100 valence electrons. The van der Waals surface area contributed by atoms with E-state index in [1.807, 2.05) is 32.0 Å². The van der Waals surface area contributed by atoms with Crippen LogP contribution in [0.15, 0.2) is 40.9 Å². The van der Waals surface area contributed by atoms with Crippen molar-refractivity contribution in [2.45, 2.75) is 19.9 Å². The lowest BCUT2D eigenvalue weighted by Gasteiger charge is -2.12. The molecule has 0 spiro atoms. The molecule has 2 N–H and O–H groups in total. The van der Waals surface area contributed by atoms with Gasteiger partial charge in [-0.3, -0.25) is 0 Å².